The van der Waals surface area contributed by atoms with Gasteiger partial charge in [-0.05, 0) is 12.1 Å². The van der Waals surface area contributed by atoms with Crippen molar-refractivity contribution in [2.45, 2.75) is 6.42 Å². The number of aryl methyl sites for hydroxylation is 1. The second kappa shape index (κ2) is 3.88. The Hall–Kier alpha value is -1.22. The number of hydrogen-bond donors (Lipinski definition) is 1. The maximum atomic E-state index is 5.64. The van der Waals surface area contributed by atoms with Crippen molar-refractivity contribution in [2.24, 2.45) is 0 Å². The van der Waals surface area contributed by atoms with Gasteiger partial charge in [-0.15, -0.1) is 11.6 Å². The Kier molecular flexibility index (Phi) is 2.59. The number of nitrogens with one attached hydrogen (secondary N) is 1. The summed E-state index contributed by atoms with van der Waals surface area (Å²) in [5.41, 5.74) is 1.94. The van der Waals surface area contributed by atoms with E-state index in [1.807, 2.05) is 18.2 Å². The van der Waals surface area contributed by atoms with Crippen molar-refractivity contribution in [3.63, 3.8) is 0 Å². The first-order valence-electron chi connectivity index (χ1n) is 4.42. The van der Waals surface area contributed by atoms with Crippen LogP contribution in [0, 0.1) is 0 Å². The van der Waals surface area contributed by atoms with Gasteiger partial charge in [0.05, 0.1) is 18.1 Å². The van der Waals surface area contributed by atoms with Crippen LogP contribution in [0.4, 0.5) is 0 Å². The minimum atomic E-state index is 0.580. The molecule has 4 heteroatoms. The molecule has 1 heterocycles. The van der Waals surface area contributed by atoms with Gasteiger partial charge in [0.15, 0.2) is 0 Å². The van der Waals surface area contributed by atoms with E-state index >= 15 is 0 Å². The summed E-state index contributed by atoms with van der Waals surface area (Å²) in [6, 6.07) is 5.76. The van der Waals surface area contributed by atoms with Crippen LogP contribution < -0.4 is 4.74 Å². The lowest BCUT2D eigenvalue weighted by Gasteiger charge is -1.96. The number of methoxy groups -OCH3 is 1. The Morgan fingerprint density at radius 1 is 1.50 bits per heavy atom. The van der Waals surface area contributed by atoms with Gasteiger partial charge in [0.2, 0.25) is 0 Å². The van der Waals surface area contributed by atoms with E-state index in [1.165, 1.54) is 0 Å². The van der Waals surface area contributed by atoms with E-state index in [9.17, 15) is 0 Å². The summed E-state index contributed by atoms with van der Waals surface area (Å²) in [7, 11) is 1.65. The molecule has 2 rings (SSSR count). The minimum absolute atomic E-state index is 0.580. The fourth-order valence-electron chi connectivity index (χ4n) is 1.38. The summed E-state index contributed by atoms with van der Waals surface area (Å²) >= 11 is 5.64. The number of ether oxygens (including phenoxy) is 1. The van der Waals surface area contributed by atoms with Crippen LogP contribution in [-0.2, 0) is 6.42 Å². The maximum Gasteiger partial charge on any atom is 0.121 e. The summed E-state index contributed by atoms with van der Waals surface area (Å²) in [5, 5.41) is 0. The van der Waals surface area contributed by atoms with Crippen LogP contribution in [-0.4, -0.2) is 23.0 Å². The molecule has 0 spiro atoms. The fraction of sp³-hybridized carbons (Fsp3) is 0.300. The molecular weight excluding hydrogens is 200 g/mol. The van der Waals surface area contributed by atoms with Crippen molar-refractivity contribution in [1.82, 2.24) is 9.97 Å². The van der Waals surface area contributed by atoms with E-state index in [1.54, 1.807) is 7.11 Å². The number of aromatic nitrogens is 2. The van der Waals surface area contributed by atoms with Crippen molar-refractivity contribution >= 4 is 22.6 Å². The van der Waals surface area contributed by atoms with Crippen LogP contribution in [0.5, 0.6) is 5.75 Å². The van der Waals surface area contributed by atoms with Crippen LogP contribution in [0.15, 0.2) is 18.2 Å². The van der Waals surface area contributed by atoms with Crippen LogP contribution in [0.25, 0.3) is 11.0 Å². The molecule has 0 radical (unpaired) electrons. The summed E-state index contributed by atoms with van der Waals surface area (Å²) in [6.45, 7) is 0. The van der Waals surface area contributed by atoms with Crippen LogP contribution in [0.3, 0.4) is 0 Å². The van der Waals surface area contributed by atoms with Crippen molar-refractivity contribution < 1.29 is 4.74 Å². The van der Waals surface area contributed by atoms with E-state index < -0.39 is 0 Å². The van der Waals surface area contributed by atoms with Crippen LogP contribution in [0.2, 0.25) is 0 Å². The molecule has 0 aliphatic heterocycles. The molecule has 0 aliphatic rings. The van der Waals surface area contributed by atoms with E-state index in [2.05, 4.69) is 9.97 Å². The normalized spacial score (nSPS) is 10.7. The fourth-order valence-corrected chi connectivity index (χ4v) is 1.56. The lowest BCUT2D eigenvalue weighted by atomic mass is 10.3. The third-order valence-corrected chi connectivity index (χ3v) is 2.26. The zero-order valence-electron chi connectivity index (χ0n) is 7.88. The zero-order chi connectivity index (χ0) is 9.97. The highest BCUT2D eigenvalue weighted by Crippen LogP contribution is 2.18. The van der Waals surface area contributed by atoms with Crippen molar-refractivity contribution in [1.29, 1.82) is 0 Å². The molecule has 2 aromatic rings. The number of alkyl halides is 1. The predicted molar refractivity (Wildman–Crippen MR) is 57.1 cm³/mol. The number of hydrogen-bond acceptors (Lipinski definition) is 2. The first-order chi connectivity index (χ1) is 6.83. The number of rotatable bonds is 3. The van der Waals surface area contributed by atoms with Gasteiger partial charge in [0.1, 0.15) is 11.6 Å². The largest absolute Gasteiger partial charge is 0.497 e. The zero-order valence-corrected chi connectivity index (χ0v) is 8.64. The highest BCUT2D eigenvalue weighted by Gasteiger charge is 2.02. The number of fused-ring (bicyclic) bond motifs is 1. The predicted octanol–water partition coefficient (Wildman–Crippen LogP) is 2.35. The van der Waals surface area contributed by atoms with Crippen LogP contribution >= 0.6 is 11.6 Å². The summed E-state index contributed by atoms with van der Waals surface area (Å²) < 4.78 is 5.12. The van der Waals surface area contributed by atoms with E-state index in [4.69, 9.17) is 16.3 Å². The second-order valence-corrected chi connectivity index (χ2v) is 3.38. The van der Waals surface area contributed by atoms with Crippen molar-refractivity contribution in [2.75, 3.05) is 13.0 Å². The molecule has 3 nitrogen and oxygen atoms in total. The molecule has 0 aliphatic carbocycles. The van der Waals surface area contributed by atoms with Gasteiger partial charge in [0.25, 0.3) is 0 Å². The lowest BCUT2D eigenvalue weighted by molar-refractivity contribution is 0.415. The minimum Gasteiger partial charge on any atom is -0.497 e. The quantitative estimate of drug-likeness (QED) is 0.790. The Labute approximate surface area is 87.1 Å². The van der Waals surface area contributed by atoms with Crippen molar-refractivity contribution in [3.05, 3.63) is 24.0 Å². The summed E-state index contributed by atoms with van der Waals surface area (Å²) in [6.07, 6.45) is 0.762. The van der Waals surface area contributed by atoms with E-state index in [0.29, 0.717) is 5.88 Å². The molecule has 0 bridgehead atoms. The average molecular weight is 211 g/mol. The second-order valence-electron chi connectivity index (χ2n) is 3.01. The van der Waals surface area contributed by atoms with Gasteiger partial charge in [-0.1, -0.05) is 0 Å². The lowest BCUT2D eigenvalue weighted by Crippen LogP contribution is -1.87. The molecular formula is C10H11ClN2O. The number of aromatic amines is 1. The molecule has 1 aromatic heterocycles. The van der Waals surface area contributed by atoms with E-state index in [-0.39, 0.29) is 0 Å². The molecule has 0 unspecified atom stereocenters. The molecule has 74 valence electrons. The van der Waals surface area contributed by atoms with Crippen LogP contribution in [0.1, 0.15) is 5.82 Å². The monoisotopic (exact) mass is 210 g/mol. The standard InChI is InChI=1S/C10H11ClN2O/c1-14-7-2-3-8-9(6-7)13-10(12-8)4-5-11/h2-3,6H,4-5H2,1H3,(H,12,13). The van der Waals surface area contributed by atoms with Gasteiger partial charge in [-0.25, -0.2) is 4.98 Å². The van der Waals surface area contributed by atoms with Gasteiger partial charge < -0.3 is 9.72 Å². The van der Waals surface area contributed by atoms with Gasteiger partial charge in [-0.3, -0.25) is 0 Å². The Balaban J connectivity index is 2.43. The molecule has 0 atom stereocenters. The SMILES string of the molecule is COc1ccc2nc(CCCl)[nH]c2c1. The number of imidazole rings is 1. The summed E-state index contributed by atoms with van der Waals surface area (Å²) in [4.78, 5) is 7.58. The molecule has 0 saturated carbocycles. The number of H-pyrrole nitrogens is 1. The number of nitrogens with zero attached hydrogens (tertiary/aromatic N) is 1. The first-order valence-corrected chi connectivity index (χ1v) is 4.95. The number of halogens is 1. The molecule has 1 aromatic carbocycles. The molecule has 0 saturated heterocycles. The summed E-state index contributed by atoms with van der Waals surface area (Å²) in [5.74, 6) is 2.33. The third-order valence-electron chi connectivity index (χ3n) is 2.07. The highest BCUT2D eigenvalue weighted by atomic mass is 35.5. The first kappa shape index (κ1) is 9.34. The van der Waals surface area contributed by atoms with Gasteiger partial charge >= 0.3 is 0 Å². The molecule has 14 heavy (non-hydrogen) atoms. The van der Waals surface area contributed by atoms with E-state index in [0.717, 1.165) is 29.0 Å². The third kappa shape index (κ3) is 1.68. The Bertz CT molecular complexity index is 439. The van der Waals surface area contributed by atoms with Gasteiger partial charge in [-0.2, -0.15) is 0 Å². The molecule has 0 amide bonds. The molecule has 0 fully saturated rings. The number of benzene rings is 1. The van der Waals surface area contributed by atoms with Crippen molar-refractivity contribution in [3.8, 4) is 5.75 Å². The topological polar surface area (TPSA) is 37.9 Å². The average Bonchev–Trinajstić information content (AvgIpc) is 2.59. The smallest absolute Gasteiger partial charge is 0.121 e. The highest BCUT2D eigenvalue weighted by molar-refractivity contribution is 6.17. The maximum absolute atomic E-state index is 5.64. The Morgan fingerprint density at radius 2 is 2.36 bits per heavy atom. The van der Waals surface area contributed by atoms with Gasteiger partial charge in [0, 0.05) is 18.4 Å². The Morgan fingerprint density at radius 3 is 3.07 bits per heavy atom. The molecule has 1 N–H and O–H groups in total.